The van der Waals surface area contributed by atoms with Crippen LogP contribution in [0, 0.1) is 5.41 Å². The third kappa shape index (κ3) is 3.75. The summed E-state index contributed by atoms with van der Waals surface area (Å²) in [4.78, 5) is 21.8. The van der Waals surface area contributed by atoms with E-state index in [4.69, 9.17) is 10.8 Å². The average Bonchev–Trinajstić information content (AvgIpc) is 2.76. The van der Waals surface area contributed by atoms with Crippen molar-refractivity contribution < 1.29 is 23.1 Å². The van der Waals surface area contributed by atoms with Crippen molar-refractivity contribution in [2.24, 2.45) is 11.1 Å². The highest BCUT2D eigenvalue weighted by molar-refractivity contribution is 7.91. The fourth-order valence-electron chi connectivity index (χ4n) is 1.00. The van der Waals surface area contributed by atoms with Gasteiger partial charge >= 0.3 is 5.97 Å². The molecule has 0 atom stereocenters. The molecule has 0 saturated carbocycles. The van der Waals surface area contributed by atoms with Gasteiger partial charge in [-0.25, -0.2) is 17.9 Å². The molecule has 1 rings (SSSR count). The Morgan fingerprint density at radius 1 is 1.47 bits per heavy atom. The van der Waals surface area contributed by atoms with Crippen molar-refractivity contribution in [1.29, 1.82) is 0 Å². The van der Waals surface area contributed by atoms with Crippen molar-refractivity contribution in [3.8, 4) is 0 Å². The van der Waals surface area contributed by atoms with Crippen LogP contribution in [0.1, 0.15) is 24.2 Å². The van der Waals surface area contributed by atoms with Gasteiger partial charge in [-0.1, -0.05) is 0 Å². The van der Waals surface area contributed by atoms with Gasteiger partial charge in [-0.2, -0.15) is 0 Å². The summed E-state index contributed by atoms with van der Waals surface area (Å²) in [5, 5.41) is 9.96. The molecule has 7 nitrogen and oxygen atoms in total. The van der Waals surface area contributed by atoms with Crippen LogP contribution >= 0.6 is 11.3 Å². The first-order chi connectivity index (χ1) is 8.56. The van der Waals surface area contributed by atoms with Crippen molar-refractivity contribution in [3.05, 3.63) is 17.0 Å². The van der Waals surface area contributed by atoms with Crippen LogP contribution < -0.4 is 10.5 Å². The summed E-state index contributed by atoms with van der Waals surface area (Å²) in [6.07, 6.45) is 0. The fraction of sp³-hybridized carbons (Fsp3) is 0.400. The van der Waals surface area contributed by atoms with Crippen LogP contribution in [0.2, 0.25) is 0 Å². The second-order valence-electron chi connectivity index (χ2n) is 4.53. The molecule has 0 unspecified atom stereocenters. The standard InChI is InChI=1S/C10H14N2O5S2/c1-10(2,9(11)15)5-12-19(16,17)7-3-6(4-18-7)8(13)14/h3-4,12H,5H2,1-2H3,(H2,11,15)(H,13,14). The quantitative estimate of drug-likeness (QED) is 0.693. The van der Waals surface area contributed by atoms with Crippen LogP contribution in [0.5, 0.6) is 0 Å². The maximum absolute atomic E-state index is 11.9. The molecule has 0 aliphatic carbocycles. The van der Waals surface area contributed by atoms with Crippen molar-refractivity contribution >= 4 is 33.2 Å². The lowest BCUT2D eigenvalue weighted by Crippen LogP contribution is -2.42. The normalized spacial score (nSPS) is 12.3. The average molecular weight is 306 g/mol. The SMILES string of the molecule is CC(C)(CNS(=O)(=O)c1cc(C(=O)O)cs1)C(N)=O. The number of primary amides is 1. The van der Waals surface area contributed by atoms with Gasteiger partial charge in [0.25, 0.3) is 0 Å². The molecule has 1 aromatic heterocycles. The Bertz CT molecular complexity index is 603. The smallest absolute Gasteiger partial charge is 0.336 e. The van der Waals surface area contributed by atoms with Crippen LogP contribution in [0.25, 0.3) is 0 Å². The van der Waals surface area contributed by atoms with Crippen molar-refractivity contribution in [1.82, 2.24) is 4.72 Å². The van der Waals surface area contributed by atoms with Crippen molar-refractivity contribution in [2.75, 3.05) is 6.54 Å². The summed E-state index contributed by atoms with van der Waals surface area (Å²) < 4.78 is 25.9. The second kappa shape index (κ2) is 5.27. The van der Waals surface area contributed by atoms with E-state index >= 15 is 0 Å². The number of thiophene rings is 1. The summed E-state index contributed by atoms with van der Waals surface area (Å²) in [6.45, 7) is 2.86. The predicted molar refractivity (Wildman–Crippen MR) is 69.4 cm³/mol. The summed E-state index contributed by atoms with van der Waals surface area (Å²) >= 11 is 0.796. The fourth-order valence-corrected chi connectivity index (χ4v) is 3.41. The molecule has 0 spiro atoms. The monoisotopic (exact) mass is 306 g/mol. The lowest BCUT2D eigenvalue weighted by Gasteiger charge is -2.20. The molecular weight excluding hydrogens is 292 g/mol. The van der Waals surface area contributed by atoms with E-state index < -0.39 is 27.3 Å². The number of amides is 1. The highest BCUT2D eigenvalue weighted by Gasteiger charge is 2.28. The van der Waals surface area contributed by atoms with Crippen LogP contribution in [-0.4, -0.2) is 31.9 Å². The van der Waals surface area contributed by atoms with Gasteiger partial charge in [0.1, 0.15) is 4.21 Å². The molecule has 0 aliphatic rings. The molecule has 0 radical (unpaired) electrons. The molecular formula is C10H14N2O5S2. The van der Waals surface area contributed by atoms with Gasteiger partial charge < -0.3 is 10.8 Å². The van der Waals surface area contributed by atoms with Gasteiger partial charge in [0.05, 0.1) is 11.0 Å². The molecule has 1 aromatic rings. The lowest BCUT2D eigenvalue weighted by molar-refractivity contribution is -0.125. The van der Waals surface area contributed by atoms with E-state index in [1.165, 1.54) is 19.2 Å². The lowest BCUT2D eigenvalue weighted by atomic mass is 9.93. The van der Waals surface area contributed by atoms with Crippen LogP contribution in [0.15, 0.2) is 15.7 Å². The van der Waals surface area contributed by atoms with Crippen molar-refractivity contribution in [3.63, 3.8) is 0 Å². The Kier molecular flexibility index (Phi) is 4.33. The summed E-state index contributed by atoms with van der Waals surface area (Å²) in [5.74, 6) is -1.83. The molecule has 9 heteroatoms. The zero-order valence-electron chi connectivity index (χ0n) is 10.3. The topological polar surface area (TPSA) is 127 Å². The Morgan fingerprint density at radius 3 is 2.47 bits per heavy atom. The third-order valence-corrected chi connectivity index (χ3v) is 5.30. The van der Waals surface area contributed by atoms with Crippen LogP contribution in [0.4, 0.5) is 0 Å². The van der Waals surface area contributed by atoms with E-state index in [0.29, 0.717) is 0 Å². The van der Waals surface area contributed by atoms with E-state index in [9.17, 15) is 18.0 Å². The minimum atomic E-state index is -3.84. The van der Waals surface area contributed by atoms with Crippen LogP contribution in [0.3, 0.4) is 0 Å². The first-order valence-corrected chi connectivity index (χ1v) is 7.54. The molecule has 1 amide bonds. The largest absolute Gasteiger partial charge is 0.478 e. The van der Waals surface area contributed by atoms with E-state index in [1.54, 1.807) is 0 Å². The maximum Gasteiger partial charge on any atom is 0.336 e. The van der Waals surface area contributed by atoms with E-state index in [1.807, 2.05) is 0 Å². The minimum absolute atomic E-state index is 0.0977. The number of nitrogens with two attached hydrogens (primary N) is 1. The number of hydrogen-bond acceptors (Lipinski definition) is 5. The van der Waals surface area contributed by atoms with Gasteiger partial charge in [-0.3, -0.25) is 4.79 Å². The molecule has 1 heterocycles. The number of carboxylic acids is 1. The molecule has 19 heavy (non-hydrogen) atoms. The zero-order valence-corrected chi connectivity index (χ0v) is 12.0. The summed E-state index contributed by atoms with van der Waals surface area (Å²) in [6, 6.07) is 1.06. The minimum Gasteiger partial charge on any atom is -0.478 e. The number of aromatic carboxylic acids is 1. The molecule has 0 saturated heterocycles. The number of hydrogen-bond donors (Lipinski definition) is 3. The number of carbonyl (C=O) groups is 2. The number of rotatable bonds is 6. The van der Waals surface area contributed by atoms with Gasteiger partial charge in [0, 0.05) is 11.9 Å². The molecule has 0 fully saturated rings. The Labute approximate surface area is 114 Å². The molecule has 0 bridgehead atoms. The highest BCUT2D eigenvalue weighted by atomic mass is 32.2. The van der Waals surface area contributed by atoms with Gasteiger partial charge in [0.15, 0.2) is 0 Å². The summed E-state index contributed by atoms with van der Waals surface area (Å²) in [5.41, 5.74) is 4.01. The first kappa shape index (κ1) is 15.6. The Hall–Kier alpha value is -1.45. The molecule has 106 valence electrons. The molecule has 0 aliphatic heterocycles. The van der Waals surface area contributed by atoms with Crippen LogP contribution in [-0.2, 0) is 14.8 Å². The number of carboxylic acid groups (broad SMARTS) is 1. The first-order valence-electron chi connectivity index (χ1n) is 5.18. The number of sulfonamides is 1. The maximum atomic E-state index is 11.9. The number of carbonyl (C=O) groups excluding carboxylic acids is 1. The van der Waals surface area contributed by atoms with E-state index in [2.05, 4.69) is 4.72 Å². The van der Waals surface area contributed by atoms with Gasteiger partial charge in [0.2, 0.25) is 15.9 Å². The Morgan fingerprint density at radius 2 is 2.05 bits per heavy atom. The summed E-state index contributed by atoms with van der Waals surface area (Å²) in [7, 11) is -3.84. The second-order valence-corrected chi connectivity index (χ2v) is 7.44. The van der Waals surface area contributed by atoms with Gasteiger partial charge in [-0.05, 0) is 19.9 Å². The Balaban J connectivity index is 2.87. The third-order valence-electron chi connectivity index (χ3n) is 2.46. The van der Waals surface area contributed by atoms with Gasteiger partial charge in [-0.15, -0.1) is 11.3 Å². The predicted octanol–water partition coefficient (Wildman–Crippen LogP) is 0.236. The van der Waals surface area contributed by atoms with Crippen molar-refractivity contribution in [2.45, 2.75) is 18.1 Å². The number of nitrogens with one attached hydrogen (secondary N) is 1. The van der Waals surface area contributed by atoms with E-state index in [0.717, 1.165) is 17.4 Å². The zero-order chi connectivity index (χ0) is 14.8. The molecule has 0 aromatic carbocycles. The molecule has 4 N–H and O–H groups in total. The highest BCUT2D eigenvalue weighted by Crippen LogP contribution is 2.21. The van der Waals surface area contributed by atoms with E-state index in [-0.39, 0.29) is 16.3 Å².